The third kappa shape index (κ3) is 2.39. The smallest absolute Gasteiger partial charge is 0.328 e. The van der Waals surface area contributed by atoms with E-state index in [0.717, 1.165) is 6.42 Å². The number of carbonyl (C=O) groups excluding carboxylic acids is 2. The van der Waals surface area contributed by atoms with Crippen LogP contribution in [0.15, 0.2) is 16.5 Å². The molecule has 1 unspecified atom stereocenters. The fourth-order valence-electron chi connectivity index (χ4n) is 2.18. The summed E-state index contributed by atoms with van der Waals surface area (Å²) in [6, 6.07) is 2.91. The first-order valence-corrected chi connectivity index (χ1v) is 6.17. The fourth-order valence-corrected chi connectivity index (χ4v) is 2.18. The van der Waals surface area contributed by atoms with Crippen molar-refractivity contribution >= 4 is 11.9 Å². The van der Waals surface area contributed by atoms with Crippen LogP contribution in [0.2, 0.25) is 0 Å². The first-order chi connectivity index (χ1) is 8.63. The van der Waals surface area contributed by atoms with Crippen molar-refractivity contribution in [3.8, 4) is 0 Å². The van der Waals surface area contributed by atoms with Crippen LogP contribution in [0.25, 0.3) is 0 Å². The van der Waals surface area contributed by atoms with E-state index >= 15 is 0 Å². The lowest BCUT2D eigenvalue weighted by molar-refractivity contribution is -0.147. The SMILES string of the molecule is CCOC(=O)C1CCCN1C(=O)c1ccc(C)o1. The Kier molecular flexibility index (Phi) is 3.69. The van der Waals surface area contributed by atoms with Crippen LogP contribution in [0.5, 0.6) is 0 Å². The summed E-state index contributed by atoms with van der Waals surface area (Å²) in [6.07, 6.45) is 1.47. The Morgan fingerprint density at radius 2 is 2.28 bits per heavy atom. The van der Waals surface area contributed by atoms with Crippen LogP contribution in [-0.4, -0.2) is 36.0 Å². The van der Waals surface area contributed by atoms with E-state index < -0.39 is 6.04 Å². The van der Waals surface area contributed by atoms with Gasteiger partial charge in [0.15, 0.2) is 5.76 Å². The molecule has 0 aromatic carbocycles. The van der Waals surface area contributed by atoms with Gasteiger partial charge in [-0.2, -0.15) is 0 Å². The van der Waals surface area contributed by atoms with Crippen LogP contribution in [0, 0.1) is 6.92 Å². The minimum atomic E-state index is -0.470. The van der Waals surface area contributed by atoms with Crippen LogP contribution in [0.3, 0.4) is 0 Å². The average Bonchev–Trinajstić information content (AvgIpc) is 2.96. The molecule has 1 saturated heterocycles. The van der Waals surface area contributed by atoms with E-state index in [2.05, 4.69) is 0 Å². The molecule has 1 fully saturated rings. The van der Waals surface area contributed by atoms with Gasteiger partial charge in [0.25, 0.3) is 5.91 Å². The molecule has 0 N–H and O–H groups in total. The quantitative estimate of drug-likeness (QED) is 0.768. The normalized spacial score (nSPS) is 19.0. The highest BCUT2D eigenvalue weighted by Crippen LogP contribution is 2.22. The van der Waals surface area contributed by atoms with Crippen molar-refractivity contribution in [2.24, 2.45) is 0 Å². The predicted molar refractivity (Wildman–Crippen MR) is 64.1 cm³/mol. The molecule has 2 rings (SSSR count). The number of aryl methyl sites for hydroxylation is 1. The van der Waals surface area contributed by atoms with Gasteiger partial charge in [0.05, 0.1) is 6.61 Å². The molecular weight excluding hydrogens is 234 g/mol. The molecule has 1 amide bonds. The minimum Gasteiger partial charge on any atom is -0.464 e. The summed E-state index contributed by atoms with van der Waals surface area (Å²) < 4.78 is 10.3. The second kappa shape index (κ2) is 5.25. The summed E-state index contributed by atoms with van der Waals surface area (Å²) in [5.41, 5.74) is 0. The first-order valence-electron chi connectivity index (χ1n) is 6.17. The highest BCUT2D eigenvalue weighted by Gasteiger charge is 2.36. The van der Waals surface area contributed by atoms with Crippen LogP contribution >= 0.6 is 0 Å². The Morgan fingerprint density at radius 1 is 1.50 bits per heavy atom. The van der Waals surface area contributed by atoms with Crippen LogP contribution in [0.1, 0.15) is 36.1 Å². The van der Waals surface area contributed by atoms with Crippen molar-refractivity contribution in [1.82, 2.24) is 4.90 Å². The molecule has 0 bridgehead atoms. The summed E-state index contributed by atoms with van der Waals surface area (Å²) in [5, 5.41) is 0. The molecule has 0 aliphatic carbocycles. The number of rotatable bonds is 3. The van der Waals surface area contributed by atoms with Gasteiger partial charge in [0.2, 0.25) is 0 Å². The van der Waals surface area contributed by atoms with E-state index in [9.17, 15) is 9.59 Å². The third-order valence-corrected chi connectivity index (χ3v) is 3.02. The molecule has 1 aromatic heterocycles. The number of esters is 1. The Balaban J connectivity index is 2.11. The molecule has 0 spiro atoms. The Hall–Kier alpha value is -1.78. The van der Waals surface area contributed by atoms with Crippen molar-refractivity contribution in [2.45, 2.75) is 32.7 Å². The average molecular weight is 251 g/mol. The number of hydrogen-bond acceptors (Lipinski definition) is 4. The lowest BCUT2D eigenvalue weighted by atomic mass is 10.2. The summed E-state index contributed by atoms with van der Waals surface area (Å²) >= 11 is 0. The molecule has 5 nitrogen and oxygen atoms in total. The van der Waals surface area contributed by atoms with Crippen LogP contribution in [-0.2, 0) is 9.53 Å². The zero-order valence-corrected chi connectivity index (χ0v) is 10.6. The maximum atomic E-state index is 12.2. The number of ether oxygens (including phenoxy) is 1. The van der Waals surface area contributed by atoms with E-state index in [-0.39, 0.29) is 17.6 Å². The van der Waals surface area contributed by atoms with Crippen LogP contribution in [0.4, 0.5) is 0 Å². The van der Waals surface area contributed by atoms with Gasteiger partial charge < -0.3 is 14.1 Å². The van der Waals surface area contributed by atoms with Gasteiger partial charge in [0, 0.05) is 6.54 Å². The Bertz CT molecular complexity index is 452. The van der Waals surface area contributed by atoms with E-state index in [1.807, 2.05) is 0 Å². The van der Waals surface area contributed by atoms with Gasteiger partial charge >= 0.3 is 5.97 Å². The third-order valence-electron chi connectivity index (χ3n) is 3.02. The van der Waals surface area contributed by atoms with Gasteiger partial charge in [-0.1, -0.05) is 0 Å². The van der Waals surface area contributed by atoms with Crippen molar-refractivity contribution in [1.29, 1.82) is 0 Å². The molecule has 1 aliphatic rings. The van der Waals surface area contributed by atoms with Crippen molar-refractivity contribution in [3.63, 3.8) is 0 Å². The summed E-state index contributed by atoms with van der Waals surface area (Å²) in [4.78, 5) is 25.5. The van der Waals surface area contributed by atoms with E-state index in [1.165, 1.54) is 4.90 Å². The molecular formula is C13H17NO4. The number of likely N-dealkylation sites (tertiary alicyclic amines) is 1. The van der Waals surface area contributed by atoms with E-state index in [1.54, 1.807) is 26.0 Å². The van der Waals surface area contributed by atoms with Gasteiger partial charge in [-0.15, -0.1) is 0 Å². The van der Waals surface area contributed by atoms with Gasteiger partial charge in [-0.3, -0.25) is 4.79 Å². The monoisotopic (exact) mass is 251 g/mol. The van der Waals surface area contributed by atoms with E-state index in [4.69, 9.17) is 9.15 Å². The largest absolute Gasteiger partial charge is 0.464 e. The predicted octanol–water partition coefficient (Wildman–Crippen LogP) is 1.76. The Morgan fingerprint density at radius 3 is 2.89 bits per heavy atom. The van der Waals surface area contributed by atoms with Crippen molar-refractivity contribution < 1.29 is 18.7 Å². The number of amides is 1. The number of hydrogen-bond donors (Lipinski definition) is 0. The lowest BCUT2D eigenvalue weighted by Gasteiger charge is -2.21. The zero-order valence-electron chi connectivity index (χ0n) is 10.6. The maximum Gasteiger partial charge on any atom is 0.328 e. The fraction of sp³-hybridized carbons (Fsp3) is 0.538. The molecule has 18 heavy (non-hydrogen) atoms. The molecule has 1 aliphatic heterocycles. The molecule has 2 heterocycles. The number of nitrogens with zero attached hydrogens (tertiary/aromatic N) is 1. The van der Waals surface area contributed by atoms with Crippen molar-refractivity contribution in [2.75, 3.05) is 13.2 Å². The number of carbonyl (C=O) groups is 2. The lowest BCUT2D eigenvalue weighted by Crippen LogP contribution is -2.41. The molecule has 5 heteroatoms. The standard InChI is InChI=1S/C13H17NO4/c1-3-17-13(16)10-5-4-8-14(10)12(15)11-7-6-9(2)18-11/h6-7,10H,3-5,8H2,1-2H3. The van der Waals surface area contributed by atoms with Crippen LogP contribution < -0.4 is 0 Å². The summed E-state index contributed by atoms with van der Waals surface area (Å²) in [5.74, 6) is 0.402. The molecule has 98 valence electrons. The topological polar surface area (TPSA) is 59.8 Å². The van der Waals surface area contributed by atoms with Gasteiger partial charge in [-0.25, -0.2) is 4.79 Å². The molecule has 1 aromatic rings. The second-order valence-electron chi connectivity index (χ2n) is 4.32. The van der Waals surface area contributed by atoms with Gasteiger partial charge in [-0.05, 0) is 38.8 Å². The highest BCUT2D eigenvalue weighted by molar-refractivity contribution is 5.95. The van der Waals surface area contributed by atoms with Crippen molar-refractivity contribution in [3.05, 3.63) is 23.7 Å². The molecule has 0 radical (unpaired) electrons. The molecule has 1 atom stereocenters. The Labute approximate surface area is 106 Å². The maximum absolute atomic E-state index is 12.2. The summed E-state index contributed by atoms with van der Waals surface area (Å²) in [6.45, 7) is 4.44. The highest BCUT2D eigenvalue weighted by atomic mass is 16.5. The van der Waals surface area contributed by atoms with Gasteiger partial charge in [0.1, 0.15) is 11.8 Å². The zero-order chi connectivity index (χ0) is 13.1. The minimum absolute atomic E-state index is 0.237. The first kappa shape index (κ1) is 12.7. The number of furan rings is 1. The van der Waals surface area contributed by atoms with E-state index in [0.29, 0.717) is 25.3 Å². The summed E-state index contributed by atoms with van der Waals surface area (Å²) in [7, 11) is 0. The molecule has 0 saturated carbocycles. The second-order valence-corrected chi connectivity index (χ2v) is 4.32.